The number of ether oxygens (including phenoxy) is 1. The van der Waals surface area contributed by atoms with Crippen molar-refractivity contribution in [2.24, 2.45) is 11.7 Å². The van der Waals surface area contributed by atoms with Gasteiger partial charge in [0.05, 0.1) is 19.7 Å². The van der Waals surface area contributed by atoms with Crippen molar-refractivity contribution in [3.63, 3.8) is 0 Å². The molecular formula is C17H26ClF2N3O3. The molecule has 9 heteroatoms. The third-order valence-corrected chi connectivity index (χ3v) is 3.48. The van der Waals surface area contributed by atoms with Gasteiger partial charge < -0.3 is 21.1 Å². The van der Waals surface area contributed by atoms with Gasteiger partial charge in [-0.2, -0.15) is 0 Å². The van der Waals surface area contributed by atoms with E-state index in [1.54, 1.807) is 38.1 Å². The number of halogens is 3. The van der Waals surface area contributed by atoms with Crippen molar-refractivity contribution in [1.82, 2.24) is 10.6 Å². The van der Waals surface area contributed by atoms with Gasteiger partial charge in [0, 0.05) is 5.56 Å². The molecule has 0 fully saturated rings. The number of hydrogen-bond acceptors (Lipinski definition) is 4. The lowest BCUT2D eigenvalue weighted by molar-refractivity contribution is -0.125. The number of carbonyl (C=O) groups excluding carboxylic acids is 2. The Kier molecular flexibility index (Phi) is 10.1. The molecule has 0 aliphatic carbocycles. The standard InChI is InChI=1S/C17H25F2N3O3.ClH/c1-4-25-13-7-5-12(6-8-13)15(23)22-14(11(2)3)16(24)21-10-17(18,19)9-20;/h5-8,11,14H,4,9-10,20H2,1-3H3,(H,21,24)(H,22,23);1H. The van der Waals surface area contributed by atoms with Crippen molar-refractivity contribution in [3.8, 4) is 5.75 Å². The van der Waals surface area contributed by atoms with Crippen LogP contribution in [0.3, 0.4) is 0 Å². The van der Waals surface area contributed by atoms with E-state index < -0.39 is 36.9 Å². The SMILES string of the molecule is CCOc1ccc(C(=O)NC(C(=O)NCC(F)(F)CN)C(C)C)cc1.Cl. The molecule has 26 heavy (non-hydrogen) atoms. The van der Waals surface area contributed by atoms with E-state index >= 15 is 0 Å². The van der Waals surface area contributed by atoms with E-state index in [4.69, 9.17) is 10.5 Å². The molecule has 2 amide bonds. The van der Waals surface area contributed by atoms with Gasteiger partial charge in [0.25, 0.3) is 11.8 Å². The van der Waals surface area contributed by atoms with Crippen molar-refractivity contribution in [2.45, 2.75) is 32.7 Å². The fourth-order valence-electron chi connectivity index (χ4n) is 2.03. The molecule has 0 saturated heterocycles. The summed E-state index contributed by atoms with van der Waals surface area (Å²) in [5.74, 6) is -3.99. The highest BCUT2D eigenvalue weighted by atomic mass is 35.5. The van der Waals surface area contributed by atoms with Gasteiger partial charge in [-0.05, 0) is 37.1 Å². The number of carbonyl (C=O) groups is 2. The van der Waals surface area contributed by atoms with E-state index in [9.17, 15) is 18.4 Å². The quantitative estimate of drug-likeness (QED) is 0.598. The van der Waals surface area contributed by atoms with E-state index in [0.29, 0.717) is 17.9 Å². The van der Waals surface area contributed by atoms with Crippen molar-refractivity contribution in [1.29, 1.82) is 0 Å². The molecule has 6 nitrogen and oxygen atoms in total. The lowest BCUT2D eigenvalue weighted by atomic mass is 10.0. The molecule has 1 aromatic rings. The first-order valence-corrected chi connectivity index (χ1v) is 8.09. The van der Waals surface area contributed by atoms with Crippen LogP contribution in [0.25, 0.3) is 0 Å². The Morgan fingerprint density at radius 1 is 1.23 bits per heavy atom. The highest BCUT2D eigenvalue weighted by Crippen LogP contribution is 2.13. The molecule has 0 aliphatic heterocycles. The van der Waals surface area contributed by atoms with Crippen LogP contribution in [-0.2, 0) is 4.79 Å². The first-order valence-electron chi connectivity index (χ1n) is 8.09. The topological polar surface area (TPSA) is 93.4 Å². The summed E-state index contributed by atoms with van der Waals surface area (Å²) in [5, 5.41) is 4.70. The van der Waals surface area contributed by atoms with Gasteiger partial charge >= 0.3 is 0 Å². The molecule has 1 unspecified atom stereocenters. The number of hydrogen-bond donors (Lipinski definition) is 3. The van der Waals surface area contributed by atoms with Crippen LogP contribution in [0.15, 0.2) is 24.3 Å². The van der Waals surface area contributed by atoms with Crippen LogP contribution in [0, 0.1) is 5.92 Å². The van der Waals surface area contributed by atoms with Gasteiger partial charge in [0.15, 0.2) is 0 Å². The third kappa shape index (κ3) is 7.53. The van der Waals surface area contributed by atoms with E-state index in [1.807, 2.05) is 6.92 Å². The average Bonchev–Trinajstić information content (AvgIpc) is 2.58. The zero-order valence-electron chi connectivity index (χ0n) is 15.1. The molecule has 0 spiro atoms. The number of amides is 2. The van der Waals surface area contributed by atoms with Gasteiger partial charge in [-0.25, -0.2) is 8.78 Å². The second kappa shape index (κ2) is 10.9. The van der Waals surface area contributed by atoms with Crippen LogP contribution in [0.2, 0.25) is 0 Å². The Hall–Kier alpha value is -1.93. The molecule has 1 rings (SSSR count). The summed E-state index contributed by atoms with van der Waals surface area (Å²) in [6.07, 6.45) is 0. The summed E-state index contributed by atoms with van der Waals surface area (Å²) in [7, 11) is 0. The summed E-state index contributed by atoms with van der Waals surface area (Å²) in [6, 6.07) is 5.48. The lowest BCUT2D eigenvalue weighted by Gasteiger charge is -2.23. The van der Waals surface area contributed by atoms with Gasteiger partial charge in [-0.15, -0.1) is 12.4 Å². The number of nitrogens with one attached hydrogen (secondary N) is 2. The zero-order valence-corrected chi connectivity index (χ0v) is 15.9. The largest absolute Gasteiger partial charge is 0.494 e. The first-order chi connectivity index (χ1) is 11.7. The highest BCUT2D eigenvalue weighted by Gasteiger charge is 2.30. The van der Waals surface area contributed by atoms with E-state index in [0.717, 1.165) is 0 Å². The Bertz CT molecular complexity index is 583. The van der Waals surface area contributed by atoms with Gasteiger partial charge in [0.1, 0.15) is 11.8 Å². The predicted molar refractivity (Wildman–Crippen MR) is 98.0 cm³/mol. The van der Waals surface area contributed by atoms with Crippen LogP contribution < -0.4 is 21.1 Å². The normalized spacial score (nSPS) is 12.1. The number of nitrogens with two attached hydrogens (primary N) is 1. The molecule has 0 heterocycles. The minimum absolute atomic E-state index is 0. The molecule has 0 saturated carbocycles. The number of rotatable bonds is 9. The minimum atomic E-state index is -3.18. The van der Waals surface area contributed by atoms with Crippen LogP contribution in [-0.4, -0.2) is 43.5 Å². The second-order valence-corrected chi connectivity index (χ2v) is 5.93. The molecule has 4 N–H and O–H groups in total. The van der Waals surface area contributed by atoms with E-state index in [-0.39, 0.29) is 18.3 Å². The summed E-state index contributed by atoms with van der Waals surface area (Å²) in [6.45, 7) is 4.05. The lowest BCUT2D eigenvalue weighted by Crippen LogP contribution is -2.52. The van der Waals surface area contributed by atoms with Crippen LogP contribution in [0.1, 0.15) is 31.1 Å². The molecule has 1 aromatic carbocycles. The Morgan fingerprint density at radius 3 is 2.27 bits per heavy atom. The predicted octanol–water partition coefficient (Wildman–Crippen LogP) is 1.97. The van der Waals surface area contributed by atoms with Crippen molar-refractivity contribution >= 4 is 24.2 Å². The molecule has 1 atom stereocenters. The number of benzene rings is 1. The maximum atomic E-state index is 13.2. The fraction of sp³-hybridized carbons (Fsp3) is 0.529. The highest BCUT2D eigenvalue weighted by molar-refractivity contribution is 5.97. The average molecular weight is 394 g/mol. The van der Waals surface area contributed by atoms with Gasteiger partial charge in [0.2, 0.25) is 5.91 Å². The van der Waals surface area contributed by atoms with Crippen molar-refractivity contribution in [3.05, 3.63) is 29.8 Å². The molecular weight excluding hydrogens is 368 g/mol. The molecule has 0 aliphatic rings. The molecule has 0 radical (unpaired) electrons. The Balaban J connectivity index is 0.00000625. The van der Waals surface area contributed by atoms with Crippen LogP contribution in [0.5, 0.6) is 5.75 Å². The van der Waals surface area contributed by atoms with Gasteiger partial charge in [-0.3, -0.25) is 9.59 Å². The van der Waals surface area contributed by atoms with Crippen molar-refractivity contribution < 1.29 is 23.1 Å². The molecule has 148 valence electrons. The van der Waals surface area contributed by atoms with E-state index in [1.165, 1.54) is 0 Å². The molecule has 0 aromatic heterocycles. The zero-order chi connectivity index (χ0) is 19.0. The summed E-state index contributed by atoms with van der Waals surface area (Å²) < 4.78 is 31.6. The monoisotopic (exact) mass is 393 g/mol. The molecule has 0 bridgehead atoms. The van der Waals surface area contributed by atoms with Gasteiger partial charge in [-0.1, -0.05) is 13.8 Å². The first kappa shape index (κ1) is 24.1. The summed E-state index contributed by atoms with van der Waals surface area (Å²) >= 11 is 0. The maximum Gasteiger partial charge on any atom is 0.277 e. The Morgan fingerprint density at radius 2 is 1.81 bits per heavy atom. The smallest absolute Gasteiger partial charge is 0.277 e. The summed E-state index contributed by atoms with van der Waals surface area (Å²) in [4.78, 5) is 24.4. The van der Waals surface area contributed by atoms with Crippen LogP contribution >= 0.6 is 12.4 Å². The third-order valence-electron chi connectivity index (χ3n) is 3.48. The second-order valence-electron chi connectivity index (χ2n) is 5.93. The Labute approximate surface area is 158 Å². The summed E-state index contributed by atoms with van der Waals surface area (Å²) in [5.41, 5.74) is 5.28. The van der Waals surface area contributed by atoms with Crippen LogP contribution in [0.4, 0.5) is 8.78 Å². The minimum Gasteiger partial charge on any atom is -0.494 e. The van der Waals surface area contributed by atoms with Crippen molar-refractivity contribution in [2.75, 3.05) is 19.7 Å². The fourth-order valence-corrected chi connectivity index (χ4v) is 2.03. The van der Waals surface area contributed by atoms with E-state index in [2.05, 4.69) is 10.6 Å². The maximum absolute atomic E-state index is 13.2. The number of alkyl halides is 2.